The van der Waals surface area contributed by atoms with Gasteiger partial charge in [0.15, 0.2) is 0 Å². The molecular weight excluding hydrogens is 350 g/mol. The Labute approximate surface area is 167 Å². The van der Waals surface area contributed by atoms with Crippen LogP contribution in [-0.4, -0.2) is 45.9 Å². The highest BCUT2D eigenvalue weighted by Gasteiger charge is 2.41. The van der Waals surface area contributed by atoms with Crippen LogP contribution in [0.25, 0.3) is 0 Å². The van der Waals surface area contributed by atoms with Gasteiger partial charge in [0.1, 0.15) is 0 Å². The molecule has 6 nitrogen and oxygen atoms in total. The maximum absolute atomic E-state index is 9.67. The van der Waals surface area contributed by atoms with Gasteiger partial charge in [-0.3, -0.25) is 14.6 Å². The first-order valence-electron chi connectivity index (χ1n) is 10.2. The summed E-state index contributed by atoms with van der Waals surface area (Å²) in [5.41, 5.74) is 5.34. The van der Waals surface area contributed by atoms with Crippen molar-refractivity contribution in [2.45, 2.75) is 58.1 Å². The van der Waals surface area contributed by atoms with Crippen LogP contribution in [0.4, 0.5) is 0 Å². The minimum atomic E-state index is -0.383. The van der Waals surface area contributed by atoms with Crippen molar-refractivity contribution >= 4 is 0 Å². The van der Waals surface area contributed by atoms with Crippen LogP contribution in [-0.2, 0) is 16.7 Å². The first kappa shape index (κ1) is 19.1. The largest absolute Gasteiger partial charge is 0.371 e. The summed E-state index contributed by atoms with van der Waals surface area (Å²) in [5.74, 6) is 0. The number of pyridine rings is 1. The number of hydrogen-bond acceptors (Lipinski definition) is 5. The fraction of sp³-hybridized carbons (Fsp3) is 0.591. The topological polar surface area (TPSA) is 67.0 Å². The second kappa shape index (κ2) is 7.65. The van der Waals surface area contributed by atoms with Crippen LogP contribution >= 0.6 is 0 Å². The summed E-state index contributed by atoms with van der Waals surface area (Å²) in [6.07, 6.45) is 6.83. The third-order valence-electron chi connectivity index (χ3n) is 6.53. The van der Waals surface area contributed by atoms with Gasteiger partial charge in [0, 0.05) is 31.5 Å². The fourth-order valence-electron chi connectivity index (χ4n) is 4.20. The molecule has 0 radical (unpaired) electrons. The third-order valence-corrected chi connectivity index (χ3v) is 6.53. The van der Waals surface area contributed by atoms with Gasteiger partial charge in [-0.25, -0.2) is 0 Å². The minimum Gasteiger partial charge on any atom is -0.371 e. The molecule has 3 heterocycles. The van der Waals surface area contributed by atoms with Crippen LogP contribution in [0.15, 0.2) is 18.5 Å². The number of aromatic nitrogens is 3. The van der Waals surface area contributed by atoms with Crippen LogP contribution < -0.4 is 0 Å². The van der Waals surface area contributed by atoms with Crippen LogP contribution in [0, 0.1) is 32.1 Å². The van der Waals surface area contributed by atoms with Crippen molar-refractivity contribution in [3.05, 3.63) is 46.5 Å². The molecular formula is C22H29N5O. The predicted molar refractivity (Wildman–Crippen MR) is 107 cm³/mol. The van der Waals surface area contributed by atoms with E-state index in [2.05, 4.69) is 52.6 Å². The summed E-state index contributed by atoms with van der Waals surface area (Å²) in [6.45, 7) is 10.7. The van der Waals surface area contributed by atoms with Crippen molar-refractivity contribution in [1.82, 2.24) is 19.7 Å². The van der Waals surface area contributed by atoms with Crippen LogP contribution in [0.1, 0.15) is 53.4 Å². The Balaban J connectivity index is 1.47. The van der Waals surface area contributed by atoms with Gasteiger partial charge >= 0.3 is 0 Å². The molecule has 1 saturated heterocycles. The van der Waals surface area contributed by atoms with E-state index in [0.717, 1.165) is 63.3 Å². The van der Waals surface area contributed by atoms with Crippen LogP contribution in [0.5, 0.6) is 0 Å². The zero-order chi connectivity index (χ0) is 19.7. The summed E-state index contributed by atoms with van der Waals surface area (Å²) in [4.78, 5) is 7.05. The molecule has 2 aromatic rings. The summed E-state index contributed by atoms with van der Waals surface area (Å²) < 4.78 is 8.22. The van der Waals surface area contributed by atoms with E-state index in [4.69, 9.17) is 4.74 Å². The molecule has 6 heteroatoms. The standard InChI is InChI=1S/C22H29N5O/c1-16-13-25-27(18(16)3)8-7-26-9-10-28-20(14-26)19-11-21(24-12-17(19)2)22(15-23)5-4-6-22/h11-13,20H,4-10,14H2,1-3H3. The highest BCUT2D eigenvalue weighted by atomic mass is 16.5. The van der Waals surface area contributed by atoms with Crippen molar-refractivity contribution < 1.29 is 4.74 Å². The molecule has 0 amide bonds. The fourth-order valence-corrected chi connectivity index (χ4v) is 4.20. The maximum Gasteiger partial charge on any atom is 0.0993 e. The molecule has 28 heavy (non-hydrogen) atoms. The quantitative estimate of drug-likeness (QED) is 0.798. The van der Waals surface area contributed by atoms with Gasteiger partial charge in [-0.1, -0.05) is 0 Å². The van der Waals surface area contributed by atoms with E-state index in [1.54, 1.807) is 0 Å². The average Bonchev–Trinajstić information content (AvgIpc) is 2.99. The molecule has 0 bridgehead atoms. The lowest BCUT2D eigenvalue weighted by molar-refractivity contribution is -0.0315. The molecule has 1 aliphatic heterocycles. The van der Waals surface area contributed by atoms with Gasteiger partial charge < -0.3 is 4.74 Å². The lowest BCUT2D eigenvalue weighted by Gasteiger charge is -2.36. The number of hydrogen-bond donors (Lipinski definition) is 0. The zero-order valence-corrected chi connectivity index (χ0v) is 17.1. The lowest BCUT2D eigenvalue weighted by atomic mass is 9.67. The molecule has 2 aliphatic rings. The number of rotatable bonds is 5. The van der Waals surface area contributed by atoms with Gasteiger partial charge in [0.25, 0.3) is 0 Å². The Kier molecular flexibility index (Phi) is 5.22. The zero-order valence-electron chi connectivity index (χ0n) is 17.1. The second-order valence-electron chi connectivity index (χ2n) is 8.27. The Bertz CT molecular complexity index is 893. The number of nitrogens with zero attached hydrogens (tertiary/aromatic N) is 5. The summed E-state index contributed by atoms with van der Waals surface area (Å²) >= 11 is 0. The third kappa shape index (κ3) is 3.45. The first-order valence-corrected chi connectivity index (χ1v) is 10.2. The van der Waals surface area contributed by atoms with Crippen molar-refractivity contribution in [1.29, 1.82) is 5.26 Å². The van der Waals surface area contributed by atoms with Crippen LogP contribution in [0.2, 0.25) is 0 Å². The van der Waals surface area contributed by atoms with E-state index in [-0.39, 0.29) is 11.5 Å². The van der Waals surface area contributed by atoms with E-state index >= 15 is 0 Å². The smallest absolute Gasteiger partial charge is 0.0993 e. The summed E-state index contributed by atoms with van der Waals surface area (Å²) in [7, 11) is 0. The maximum atomic E-state index is 9.67. The molecule has 0 aromatic carbocycles. The first-order chi connectivity index (χ1) is 13.5. The average molecular weight is 380 g/mol. The molecule has 148 valence electrons. The van der Waals surface area contributed by atoms with Gasteiger partial charge in [-0.15, -0.1) is 0 Å². The van der Waals surface area contributed by atoms with Gasteiger partial charge in [-0.2, -0.15) is 10.4 Å². The molecule has 1 atom stereocenters. The van der Waals surface area contributed by atoms with Gasteiger partial charge in [-0.05, 0) is 62.8 Å². The van der Waals surface area contributed by atoms with E-state index in [0.29, 0.717) is 0 Å². The van der Waals surface area contributed by atoms with Crippen LogP contribution in [0.3, 0.4) is 0 Å². The molecule has 1 saturated carbocycles. The number of morpholine rings is 1. The highest BCUT2D eigenvalue weighted by molar-refractivity contribution is 5.36. The van der Waals surface area contributed by atoms with E-state index in [1.165, 1.54) is 16.8 Å². The minimum absolute atomic E-state index is 0.0340. The SMILES string of the molecule is Cc1cnc(C2(C#N)CCC2)cc1C1CN(CCn2ncc(C)c2C)CCO1. The summed E-state index contributed by atoms with van der Waals surface area (Å²) in [5, 5.41) is 14.1. The predicted octanol–water partition coefficient (Wildman–Crippen LogP) is 3.22. The highest BCUT2D eigenvalue weighted by Crippen LogP contribution is 2.43. The van der Waals surface area contributed by atoms with Crippen molar-refractivity contribution in [3.8, 4) is 6.07 Å². The molecule has 0 N–H and O–H groups in total. The number of aryl methyl sites for hydroxylation is 2. The van der Waals surface area contributed by atoms with E-state index in [1.807, 2.05) is 12.4 Å². The number of nitriles is 1. The number of ether oxygens (including phenoxy) is 1. The van der Waals surface area contributed by atoms with Gasteiger partial charge in [0.2, 0.25) is 0 Å². The summed E-state index contributed by atoms with van der Waals surface area (Å²) in [6, 6.07) is 4.64. The second-order valence-corrected chi connectivity index (χ2v) is 8.27. The van der Waals surface area contributed by atoms with E-state index in [9.17, 15) is 5.26 Å². The Morgan fingerprint density at radius 2 is 2.04 bits per heavy atom. The molecule has 4 rings (SSSR count). The Hall–Kier alpha value is -2.23. The molecule has 2 aromatic heterocycles. The van der Waals surface area contributed by atoms with Crippen molar-refractivity contribution in [2.75, 3.05) is 26.2 Å². The van der Waals surface area contributed by atoms with E-state index < -0.39 is 0 Å². The monoisotopic (exact) mass is 379 g/mol. The normalized spacial score (nSPS) is 21.9. The van der Waals surface area contributed by atoms with Gasteiger partial charge in [0.05, 0.1) is 42.6 Å². The Morgan fingerprint density at radius 3 is 2.68 bits per heavy atom. The lowest BCUT2D eigenvalue weighted by Crippen LogP contribution is -2.40. The van der Waals surface area contributed by atoms with Crippen molar-refractivity contribution in [2.24, 2.45) is 0 Å². The van der Waals surface area contributed by atoms with Crippen molar-refractivity contribution in [3.63, 3.8) is 0 Å². The molecule has 1 aliphatic carbocycles. The molecule has 2 fully saturated rings. The molecule has 1 unspecified atom stereocenters. The Morgan fingerprint density at radius 1 is 1.21 bits per heavy atom. The molecule has 0 spiro atoms.